The van der Waals surface area contributed by atoms with E-state index in [9.17, 15) is 0 Å². The maximum Gasteiger partial charge on any atom is 1.00 e. The molecule has 0 aliphatic carbocycles. The molecule has 0 unspecified atom stereocenters. The van der Waals surface area contributed by atoms with Gasteiger partial charge in [0.15, 0.2) is 0 Å². The first-order valence-electron chi connectivity index (χ1n) is 35.2. The third kappa shape index (κ3) is 73.6. The molecule has 0 saturated heterocycles. The van der Waals surface area contributed by atoms with Crippen LogP contribution in [0.2, 0.25) is 0 Å². The molecule has 0 fully saturated rings. The Balaban J connectivity index is -0.000000308. The Morgan fingerprint density at radius 1 is 0.339 bits per heavy atom. The second-order valence-corrected chi connectivity index (χ2v) is 21.1. The van der Waals surface area contributed by atoms with Crippen molar-refractivity contribution >= 4 is 106 Å². The Hall–Kier alpha value is -5.64. The molecule has 32 heteroatoms. The van der Waals surface area contributed by atoms with Crippen LogP contribution in [-0.2, 0) is 14.1 Å². The molecule has 10 aromatic heterocycles. The van der Waals surface area contributed by atoms with Crippen LogP contribution in [0.5, 0.6) is 0 Å². The average molecular weight is 1850 g/mol. The molecule has 8 aromatic carbocycles. The molecule has 18 aromatic rings. The predicted octanol–water partition coefficient (Wildman–Crippen LogP) is -2.70. The van der Waals surface area contributed by atoms with Crippen molar-refractivity contribution in [3.8, 4) is 0 Å². The molecule has 0 atom stereocenters. The van der Waals surface area contributed by atoms with E-state index in [1.54, 1.807) is 133 Å². The Morgan fingerprint density at radius 2 is 0.787 bits per heavy atom. The third-order valence-corrected chi connectivity index (χ3v) is 12.9. The fourth-order valence-electron chi connectivity index (χ4n) is 7.66. The van der Waals surface area contributed by atoms with E-state index in [4.69, 9.17) is 37.3 Å². The van der Waals surface area contributed by atoms with Gasteiger partial charge in [-0.15, -0.1) is 46.6 Å². The number of para-hydroxylation sites is 6. The van der Waals surface area contributed by atoms with Gasteiger partial charge in [-0.3, -0.25) is 64.5 Å². The number of hydrogen-bond acceptors (Lipinski definition) is 21. The summed E-state index contributed by atoms with van der Waals surface area (Å²) in [7, 11) is 3.71. The minimum atomic E-state index is 0. The number of benzene rings is 8. The van der Waals surface area contributed by atoms with Gasteiger partial charge in [0.25, 0.3) is 0 Å². The normalized spacial score (nSPS) is 8.14. The summed E-state index contributed by atoms with van der Waals surface area (Å²) in [6, 6.07) is 87.7. The van der Waals surface area contributed by atoms with Crippen molar-refractivity contribution in [2.24, 2.45) is 34.3 Å². The van der Waals surface area contributed by atoms with Gasteiger partial charge in [0.05, 0.1) is 33.8 Å². The first-order chi connectivity index (χ1) is 59.1. The van der Waals surface area contributed by atoms with Crippen LogP contribution in [0.15, 0.2) is 418 Å². The summed E-state index contributed by atoms with van der Waals surface area (Å²) in [5.74, 6) is 0. The summed E-state index contributed by atoms with van der Waals surface area (Å²) in [5, 5.41) is 47.9. The number of aryl methyl sites for hydroxylation is 2. The maximum absolute atomic E-state index is 8.38. The number of rotatable bonds is 7. The van der Waals surface area contributed by atoms with Crippen molar-refractivity contribution in [1.82, 2.24) is 95.0 Å². The molecule has 0 radical (unpaired) electrons. The molecule has 0 spiro atoms. The van der Waals surface area contributed by atoms with Crippen LogP contribution in [0.3, 0.4) is 0 Å². The number of fused-ring (bicyclic) bond motifs is 5. The van der Waals surface area contributed by atoms with Gasteiger partial charge in [-0.25, -0.2) is 48.5 Å². The van der Waals surface area contributed by atoms with Crippen molar-refractivity contribution in [2.75, 3.05) is 0 Å². The van der Waals surface area contributed by atoms with Gasteiger partial charge in [-0.05, 0) is 89.6 Å². The van der Waals surface area contributed by atoms with Gasteiger partial charge in [0.2, 0.25) is 0 Å². The van der Waals surface area contributed by atoms with Gasteiger partial charge in [-0.1, -0.05) is 107 Å². The molecule has 602 valence electrons. The summed E-state index contributed by atoms with van der Waals surface area (Å²) in [6.07, 6.45) is 41.8. The van der Waals surface area contributed by atoms with Crippen LogP contribution < -0.4 is 360 Å². The Labute approximate surface area is 1040 Å². The summed E-state index contributed by atoms with van der Waals surface area (Å²) >= 11 is 0. The second kappa shape index (κ2) is 99.4. The number of pyridine rings is 3. The van der Waals surface area contributed by atoms with Crippen LogP contribution in [0.25, 0.3) is 71.5 Å². The van der Waals surface area contributed by atoms with E-state index in [2.05, 4.69) is 182 Å². The molecule has 127 heavy (non-hydrogen) atoms. The minimum Gasteiger partial charge on any atom is -0.911 e. The largest absolute Gasteiger partial charge is 1.00 e. The quantitative estimate of drug-likeness (QED) is 0.0515. The zero-order chi connectivity index (χ0) is 86.7. The van der Waals surface area contributed by atoms with Gasteiger partial charge >= 0.3 is 360 Å². The summed E-state index contributed by atoms with van der Waals surface area (Å²) in [4.78, 5) is 49.3. The molecule has 0 bridgehead atoms. The molecule has 10 heterocycles. The van der Waals surface area contributed by atoms with Crippen LogP contribution in [0, 0.1) is 51.1 Å². The summed E-state index contributed by atoms with van der Waals surface area (Å²) in [5.41, 5.74) is 8.32. The molecule has 18 rings (SSSR count). The number of nitrogens with zero attached hydrogens (tertiary/aromatic N) is 25. The van der Waals surface area contributed by atoms with E-state index in [0.717, 1.165) is 68.8 Å². The van der Waals surface area contributed by atoms with Crippen molar-refractivity contribution in [1.29, 1.82) is 0 Å². The number of aliphatic imine (C=N–C) groups is 2. The zero-order valence-electron chi connectivity index (χ0n) is 72.6. The molecule has 0 aliphatic heterocycles. The van der Waals surface area contributed by atoms with Crippen LogP contribution in [0.4, 0.5) is 5.69 Å². The van der Waals surface area contributed by atoms with Crippen molar-refractivity contribution < 1.29 is 360 Å². The van der Waals surface area contributed by atoms with E-state index in [1.165, 1.54) is 40.7 Å². The van der Waals surface area contributed by atoms with E-state index in [0.29, 0.717) is 11.3 Å². The third-order valence-electron chi connectivity index (χ3n) is 12.9. The first kappa shape index (κ1) is 132. The SMILES string of the molecule is Cn1ccnn1.Cn1nnc2ccccc21.[CH-]=CC=[CH-].[CH-]=CC=[N-].[CH-]=CN=[CH-].[CH-]=Cc1[c-]cccc1.[CH-]=NN=[CH-].[CH-]=Nc1[c-]cccc1.[K+].[K+].[K+].[K+].[K+].[K+].[K+].[N-]=Cc1[c-]cccc1.c1ccc2cnccc2c1.c1ccc2ncccc2c1.c1ccc2nccnc2c1.c1ccc2ncncc2c1.c1ccncc1.c1ccnnc1.c1cnccn1.c1cncnc1. The van der Waals surface area contributed by atoms with Crippen molar-refractivity contribution in [3.05, 3.63) is 470 Å². The molecule has 0 amide bonds. The van der Waals surface area contributed by atoms with E-state index in [-0.39, 0.29) is 360 Å². The van der Waals surface area contributed by atoms with E-state index >= 15 is 0 Å². The van der Waals surface area contributed by atoms with Crippen LogP contribution in [-0.4, -0.2) is 134 Å². The topological polar surface area (TPSA) is 323 Å². The molecular weight excluding hydrogens is 1760 g/mol. The maximum atomic E-state index is 8.38. The molecular formula is C95H83K7N25-7. The Morgan fingerprint density at radius 3 is 1.13 bits per heavy atom. The fraction of sp³-hybridized carbons (Fsp3) is 0.0211. The van der Waals surface area contributed by atoms with Gasteiger partial charge < -0.3 is 107 Å². The van der Waals surface area contributed by atoms with Gasteiger partial charge in [0, 0.05) is 130 Å². The van der Waals surface area contributed by atoms with E-state index < -0.39 is 0 Å². The fourth-order valence-corrected chi connectivity index (χ4v) is 7.66. The standard InChI is InChI=1S/2C9H7N.2C8H6N2.C8H6.C7H7N3.2C7H5N.C5H5N.3C4H4N2.C4H4.C3H5N3.2C3H3N.C2H2N2.7K/c1-2-6-9-8(4-1)5-3-7-10-9;1-2-4-9-7-10-6-5-8(9)3-1;1-2-4-8-7(3-1)5-9-6-10-8;1-2-4-8-7(3-1)9-5-6-10-8;1-2-8-6-4-3-5-7-8;1-10-7-5-3-2-4-6(7)8-9-10;1-8-7-5-3-2-4-6-7;8-6-7-4-2-1-3-5-7;1-2-4-6-5-3-1;1-2-6-4-3-5-1;1-2-5-4-6-3-1;1-2-4-6-5-3-1;1-3-4-2;1-6-3-2-4-5-6;1-3-4-2;1-2-3-4;1-3-4-2;;;;;;;/h2*1-7H;2*1-6H;1-6H;2-5H,1H3;1-5H;1-4,6H;1-5H;3*1-4H;1-4H;2-3H,1H3;2*1-3H;1-2H;;;;;;;/q;;;;-2;;2*-2;;;;;-2;;3*-2;7*+1. The van der Waals surface area contributed by atoms with E-state index in [1.807, 2.05) is 233 Å². The summed E-state index contributed by atoms with van der Waals surface area (Å²) in [6.45, 7) is 42.0. The zero-order valence-corrected chi connectivity index (χ0v) is 94.5. The Kier molecular flexibility index (Phi) is 103. The van der Waals surface area contributed by atoms with Crippen LogP contribution in [0.1, 0.15) is 11.1 Å². The first-order valence-corrected chi connectivity index (χ1v) is 35.2. The number of aromatic nitrogens is 19. The Bertz CT molecular complexity index is 4630. The smallest absolute Gasteiger partial charge is 0.911 e. The monoisotopic (exact) mass is 1850 g/mol. The number of allylic oxidation sites excluding steroid dienone is 3. The molecule has 0 aliphatic rings. The number of hydrogen-bond donors (Lipinski definition) is 0. The van der Waals surface area contributed by atoms with Crippen molar-refractivity contribution in [2.45, 2.75) is 0 Å². The average Bonchev–Trinajstić information content (AvgIpc) is 1.81. The molecule has 0 N–H and O–H groups in total. The summed E-state index contributed by atoms with van der Waals surface area (Å²) < 4.78 is 3.40. The minimum absolute atomic E-state index is 0. The van der Waals surface area contributed by atoms with Crippen molar-refractivity contribution in [3.63, 3.8) is 0 Å². The van der Waals surface area contributed by atoms with Gasteiger partial charge in [0.1, 0.15) is 18.2 Å². The predicted molar refractivity (Wildman–Crippen MR) is 484 cm³/mol. The van der Waals surface area contributed by atoms with Gasteiger partial charge in [-0.2, -0.15) is 59.5 Å². The molecule has 25 nitrogen and oxygen atoms in total. The van der Waals surface area contributed by atoms with Crippen LogP contribution >= 0.6 is 0 Å². The molecule has 0 saturated carbocycles. The second-order valence-electron chi connectivity index (χ2n) is 21.1.